The Hall–Kier alpha value is -2.81. The number of carbonyl (C=O) groups excluding carboxylic acids is 3. The van der Waals surface area contributed by atoms with Crippen LogP contribution in [0.1, 0.15) is 27.1 Å². The smallest absolute Gasteiger partial charge is 0.254 e. The molecule has 0 spiro atoms. The molecule has 9 heteroatoms. The summed E-state index contributed by atoms with van der Waals surface area (Å²) in [6.45, 7) is 0.346. The lowest BCUT2D eigenvalue weighted by atomic mass is 10.2. The van der Waals surface area contributed by atoms with E-state index in [0.717, 1.165) is 6.07 Å². The fourth-order valence-electron chi connectivity index (χ4n) is 2.26. The van der Waals surface area contributed by atoms with Crippen LogP contribution in [-0.4, -0.2) is 37.4 Å². The van der Waals surface area contributed by atoms with Gasteiger partial charge >= 0.3 is 0 Å². The van der Waals surface area contributed by atoms with Gasteiger partial charge in [0.1, 0.15) is 11.6 Å². The molecular formula is C19H18BrF2N3O3. The molecule has 0 radical (unpaired) electrons. The monoisotopic (exact) mass is 453 g/mol. The number of rotatable bonds is 8. The molecule has 0 fully saturated rings. The highest BCUT2D eigenvalue weighted by Gasteiger charge is 2.12. The van der Waals surface area contributed by atoms with Crippen LogP contribution in [0.2, 0.25) is 0 Å². The van der Waals surface area contributed by atoms with Crippen molar-refractivity contribution >= 4 is 33.7 Å². The molecule has 3 amide bonds. The van der Waals surface area contributed by atoms with E-state index in [4.69, 9.17) is 0 Å². The molecule has 0 unspecified atom stereocenters. The number of carbonyl (C=O) groups is 3. The van der Waals surface area contributed by atoms with Crippen molar-refractivity contribution in [2.75, 3.05) is 19.6 Å². The largest absolute Gasteiger partial charge is 0.354 e. The summed E-state index contributed by atoms with van der Waals surface area (Å²) in [5.41, 5.74) is 0.0660. The molecule has 148 valence electrons. The third-order valence-electron chi connectivity index (χ3n) is 3.66. The Labute approximate surface area is 168 Å². The fourth-order valence-corrected chi connectivity index (χ4v) is 2.69. The molecule has 0 aliphatic heterocycles. The van der Waals surface area contributed by atoms with Crippen molar-refractivity contribution in [3.05, 3.63) is 69.7 Å². The van der Waals surface area contributed by atoms with E-state index < -0.39 is 23.4 Å². The number of nitrogens with one attached hydrogen (secondary N) is 3. The number of halogens is 3. The lowest BCUT2D eigenvalue weighted by molar-refractivity contribution is -0.120. The van der Waals surface area contributed by atoms with Crippen molar-refractivity contribution in [1.82, 2.24) is 16.0 Å². The third-order valence-corrected chi connectivity index (χ3v) is 4.35. The van der Waals surface area contributed by atoms with Gasteiger partial charge in [0.15, 0.2) is 0 Å². The summed E-state index contributed by atoms with van der Waals surface area (Å²) >= 11 is 3.16. The van der Waals surface area contributed by atoms with Crippen LogP contribution < -0.4 is 16.0 Å². The first-order chi connectivity index (χ1) is 13.4. The first-order valence-corrected chi connectivity index (χ1v) is 9.20. The SMILES string of the molecule is O=C(CCNC(=O)c1cc(F)ccc1Br)NCCNC(=O)c1ccccc1F. The molecule has 0 aliphatic carbocycles. The normalized spacial score (nSPS) is 10.2. The highest BCUT2D eigenvalue weighted by Crippen LogP contribution is 2.17. The zero-order chi connectivity index (χ0) is 20.5. The Balaban J connectivity index is 1.65. The van der Waals surface area contributed by atoms with Gasteiger partial charge in [-0.3, -0.25) is 14.4 Å². The molecule has 2 rings (SSSR count). The molecule has 3 N–H and O–H groups in total. The van der Waals surface area contributed by atoms with E-state index in [9.17, 15) is 23.2 Å². The highest BCUT2D eigenvalue weighted by atomic mass is 79.9. The zero-order valence-electron chi connectivity index (χ0n) is 14.7. The van der Waals surface area contributed by atoms with Crippen molar-refractivity contribution in [3.8, 4) is 0 Å². The van der Waals surface area contributed by atoms with Gasteiger partial charge in [0, 0.05) is 30.5 Å². The lowest BCUT2D eigenvalue weighted by Crippen LogP contribution is -2.36. The summed E-state index contributed by atoms with van der Waals surface area (Å²) in [4.78, 5) is 35.5. The molecule has 0 bridgehead atoms. The second kappa shape index (κ2) is 10.5. The van der Waals surface area contributed by atoms with E-state index in [1.165, 1.54) is 30.3 Å². The van der Waals surface area contributed by atoms with Crippen molar-refractivity contribution in [3.63, 3.8) is 0 Å². The van der Waals surface area contributed by atoms with Gasteiger partial charge in [0.05, 0.1) is 11.1 Å². The number of hydrogen-bond donors (Lipinski definition) is 3. The highest BCUT2D eigenvalue weighted by molar-refractivity contribution is 9.10. The Morgan fingerprint density at radius 1 is 0.821 bits per heavy atom. The van der Waals surface area contributed by atoms with Gasteiger partial charge < -0.3 is 16.0 Å². The number of amides is 3. The Kier molecular flexibility index (Phi) is 8.06. The van der Waals surface area contributed by atoms with Crippen LogP contribution in [0.15, 0.2) is 46.9 Å². The van der Waals surface area contributed by atoms with Crippen molar-refractivity contribution < 1.29 is 23.2 Å². The van der Waals surface area contributed by atoms with Gasteiger partial charge in [-0.05, 0) is 46.3 Å². The average Bonchev–Trinajstić information content (AvgIpc) is 2.67. The van der Waals surface area contributed by atoms with Gasteiger partial charge in [0.25, 0.3) is 11.8 Å². The summed E-state index contributed by atoms with van der Waals surface area (Å²) in [7, 11) is 0. The van der Waals surface area contributed by atoms with Crippen LogP contribution in [0.25, 0.3) is 0 Å². The molecule has 0 atom stereocenters. The van der Waals surface area contributed by atoms with Crippen LogP contribution in [0.4, 0.5) is 8.78 Å². The molecule has 6 nitrogen and oxygen atoms in total. The molecule has 2 aromatic rings. The molecule has 0 saturated heterocycles. The van der Waals surface area contributed by atoms with E-state index >= 15 is 0 Å². The van der Waals surface area contributed by atoms with E-state index in [-0.39, 0.29) is 43.1 Å². The minimum Gasteiger partial charge on any atom is -0.354 e. The number of hydrogen-bond acceptors (Lipinski definition) is 3. The second-order valence-corrected chi connectivity index (χ2v) is 6.57. The summed E-state index contributed by atoms with van der Waals surface area (Å²) in [5, 5.41) is 7.59. The van der Waals surface area contributed by atoms with Crippen LogP contribution in [0.3, 0.4) is 0 Å². The Morgan fingerprint density at radius 2 is 1.46 bits per heavy atom. The molecule has 2 aromatic carbocycles. The molecule has 0 aliphatic rings. The van der Waals surface area contributed by atoms with Gasteiger partial charge in [-0.25, -0.2) is 8.78 Å². The quantitative estimate of drug-likeness (QED) is 0.536. The average molecular weight is 454 g/mol. The minimum atomic E-state index is -0.621. The summed E-state index contributed by atoms with van der Waals surface area (Å²) in [6.07, 6.45) is 0.0138. The van der Waals surface area contributed by atoms with Gasteiger partial charge in [-0.15, -0.1) is 0 Å². The second-order valence-electron chi connectivity index (χ2n) is 5.72. The van der Waals surface area contributed by atoms with Gasteiger partial charge in [-0.2, -0.15) is 0 Å². The van der Waals surface area contributed by atoms with Gasteiger partial charge in [0.2, 0.25) is 5.91 Å². The third kappa shape index (κ3) is 6.41. The zero-order valence-corrected chi connectivity index (χ0v) is 16.3. The fraction of sp³-hybridized carbons (Fsp3) is 0.211. The predicted octanol–water partition coefficient (Wildman–Crippen LogP) is 2.39. The summed E-state index contributed by atoms with van der Waals surface area (Å²) in [6, 6.07) is 9.33. The lowest BCUT2D eigenvalue weighted by Gasteiger charge is -2.09. The van der Waals surface area contributed by atoms with Gasteiger partial charge in [-0.1, -0.05) is 12.1 Å². The topological polar surface area (TPSA) is 87.3 Å². The molecule has 28 heavy (non-hydrogen) atoms. The van der Waals surface area contributed by atoms with Crippen LogP contribution in [0, 0.1) is 11.6 Å². The Bertz CT molecular complexity index is 877. The van der Waals surface area contributed by atoms with Crippen molar-refractivity contribution in [1.29, 1.82) is 0 Å². The maximum atomic E-state index is 13.5. The van der Waals surface area contributed by atoms with Crippen molar-refractivity contribution in [2.24, 2.45) is 0 Å². The van der Waals surface area contributed by atoms with E-state index in [1.807, 2.05) is 0 Å². The van der Waals surface area contributed by atoms with E-state index in [1.54, 1.807) is 6.07 Å². The first kappa shape index (κ1) is 21.5. The maximum Gasteiger partial charge on any atom is 0.254 e. The summed E-state index contributed by atoms with van der Waals surface area (Å²) < 4.78 is 27.1. The van der Waals surface area contributed by atoms with E-state index in [2.05, 4.69) is 31.9 Å². The van der Waals surface area contributed by atoms with Crippen LogP contribution in [0.5, 0.6) is 0 Å². The van der Waals surface area contributed by atoms with Crippen molar-refractivity contribution in [2.45, 2.75) is 6.42 Å². The number of benzene rings is 2. The molecular weight excluding hydrogens is 436 g/mol. The predicted molar refractivity (Wildman–Crippen MR) is 103 cm³/mol. The maximum absolute atomic E-state index is 13.5. The first-order valence-electron chi connectivity index (χ1n) is 8.41. The molecule has 0 heterocycles. The minimum absolute atomic E-state index is 0.0138. The van der Waals surface area contributed by atoms with E-state index in [0.29, 0.717) is 4.47 Å². The van der Waals surface area contributed by atoms with Crippen LogP contribution >= 0.6 is 15.9 Å². The Morgan fingerprint density at radius 3 is 2.21 bits per heavy atom. The summed E-state index contributed by atoms with van der Waals surface area (Å²) in [5.74, 6) is -2.57. The molecule has 0 aromatic heterocycles. The van der Waals surface area contributed by atoms with Crippen LogP contribution in [-0.2, 0) is 4.79 Å². The standard InChI is InChI=1S/C19H18BrF2N3O3/c20-15-6-5-12(21)11-14(15)19(28)24-8-7-17(26)23-9-10-25-18(27)13-3-1-2-4-16(13)22/h1-6,11H,7-10H2,(H,23,26)(H,24,28)(H,25,27). The molecule has 0 saturated carbocycles.